The van der Waals surface area contributed by atoms with Gasteiger partial charge in [-0.2, -0.15) is 0 Å². The smallest absolute Gasteiger partial charge is 0.338 e. The number of carbonyl (C=O) groups is 1. The zero-order chi connectivity index (χ0) is 12.1. The zero-order valence-electron chi connectivity index (χ0n) is 8.86. The Hall–Kier alpha value is -2.04. The Morgan fingerprint density at radius 1 is 1.31 bits per heavy atom. The molecule has 86 valence electrons. The number of carboxylic acids is 1. The second kappa shape index (κ2) is 5.16. The van der Waals surface area contributed by atoms with Crippen LogP contribution in [0, 0.1) is 0 Å². The van der Waals surface area contributed by atoms with Gasteiger partial charge in [0.05, 0.1) is 19.8 Å². The van der Waals surface area contributed by atoms with Crippen LogP contribution in [0.25, 0.3) is 5.57 Å². The highest BCUT2D eigenvalue weighted by Crippen LogP contribution is 2.30. The van der Waals surface area contributed by atoms with Crippen molar-refractivity contribution in [1.29, 1.82) is 0 Å². The van der Waals surface area contributed by atoms with Crippen molar-refractivity contribution in [3.63, 3.8) is 0 Å². The van der Waals surface area contributed by atoms with E-state index >= 15 is 0 Å². The van der Waals surface area contributed by atoms with Gasteiger partial charge < -0.3 is 14.6 Å². The molecule has 0 aliphatic carbocycles. The van der Waals surface area contributed by atoms with Crippen molar-refractivity contribution in [3.05, 3.63) is 30.1 Å². The van der Waals surface area contributed by atoms with Crippen LogP contribution < -0.4 is 9.47 Å². The Bertz CT molecular complexity index is 426. The Balaban J connectivity index is 3.22. The van der Waals surface area contributed by atoms with Gasteiger partial charge in [0.25, 0.3) is 0 Å². The predicted octanol–water partition coefficient (Wildman–Crippen LogP) is 2.10. The highest BCUT2D eigenvalue weighted by molar-refractivity contribution is 6.15. The summed E-state index contributed by atoms with van der Waals surface area (Å²) >= 11 is 0. The molecular weight excluding hydrogens is 215 g/mol. The summed E-state index contributed by atoms with van der Waals surface area (Å²) in [5.41, 5.74) is -0.214. The first kappa shape index (κ1) is 12.0. The molecule has 0 bridgehead atoms. The summed E-state index contributed by atoms with van der Waals surface area (Å²) in [6, 6.07) is 4.36. The number of carboxylic acid groups (broad SMARTS) is 1. The monoisotopic (exact) mass is 226 g/mol. The third kappa shape index (κ3) is 2.31. The van der Waals surface area contributed by atoms with E-state index in [2.05, 4.69) is 0 Å². The number of hydrogen-bond donors (Lipinski definition) is 1. The lowest BCUT2D eigenvalue weighted by molar-refractivity contribution is -0.130. The molecule has 0 atom stereocenters. The number of benzene rings is 1. The van der Waals surface area contributed by atoms with Crippen molar-refractivity contribution in [1.82, 2.24) is 0 Å². The molecule has 0 aromatic heterocycles. The van der Waals surface area contributed by atoms with Crippen LogP contribution >= 0.6 is 0 Å². The first-order valence-corrected chi connectivity index (χ1v) is 4.40. The van der Waals surface area contributed by atoms with Crippen LogP contribution in [0.2, 0.25) is 0 Å². The summed E-state index contributed by atoms with van der Waals surface area (Å²) < 4.78 is 22.4. The molecule has 0 amide bonds. The first-order valence-electron chi connectivity index (χ1n) is 4.40. The van der Waals surface area contributed by atoms with Crippen LogP contribution in [0.15, 0.2) is 24.5 Å². The maximum absolute atomic E-state index is 12.4. The van der Waals surface area contributed by atoms with E-state index in [9.17, 15) is 9.18 Å². The number of ether oxygens (including phenoxy) is 2. The third-order valence-corrected chi connectivity index (χ3v) is 2.03. The number of methoxy groups -OCH3 is 2. The van der Waals surface area contributed by atoms with Gasteiger partial charge in [-0.15, -0.1) is 0 Å². The van der Waals surface area contributed by atoms with Gasteiger partial charge in [0.2, 0.25) is 0 Å². The number of hydrogen-bond acceptors (Lipinski definition) is 3. The third-order valence-electron chi connectivity index (χ3n) is 2.03. The van der Waals surface area contributed by atoms with Crippen LogP contribution in [0.1, 0.15) is 5.56 Å². The Kier molecular flexibility index (Phi) is 3.88. The molecule has 0 radical (unpaired) electrons. The molecule has 0 heterocycles. The summed E-state index contributed by atoms with van der Waals surface area (Å²) in [5, 5.41) is 8.74. The summed E-state index contributed by atoms with van der Waals surface area (Å²) in [6.07, 6.45) is 0.0452. The molecule has 16 heavy (non-hydrogen) atoms. The summed E-state index contributed by atoms with van der Waals surface area (Å²) in [6.45, 7) is 0. The molecule has 0 fully saturated rings. The van der Waals surface area contributed by atoms with E-state index in [-0.39, 0.29) is 11.9 Å². The molecule has 1 rings (SSSR count). The maximum Gasteiger partial charge on any atom is 0.338 e. The van der Waals surface area contributed by atoms with Crippen molar-refractivity contribution in [2.45, 2.75) is 0 Å². The lowest BCUT2D eigenvalue weighted by Crippen LogP contribution is -2.00. The van der Waals surface area contributed by atoms with Crippen molar-refractivity contribution in [2.24, 2.45) is 0 Å². The van der Waals surface area contributed by atoms with Crippen molar-refractivity contribution < 1.29 is 23.8 Å². The summed E-state index contributed by atoms with van der Waals surface area (Å²) in [5.74, 6) is -0.537. The van der Waals surface area contributed by atoms with E-state index in [0.29, 0.717) is 11.5 Å². The summed E-state index contributed by atoms with van der Waals surface area (Å²) in [7, 11) is 2.88. The van der Waals surface area contributed by atoms with Gasteiger partial charge >= 0.3 is 5.97 Å². The largest absolute Gasteiger partial charge is 0.493 e. The Labute approximate surface area is 91.9 Å². The van der Waals surface area contributed by atoms with Gasteiger partial charge in [-0.1, -0.05) is 6.07 Å². The normalized spacial score (nSPS) is 11.1. The SMILES string of the molecule is COc1ccc(/C(=C/F)C(=O)O)cc1OC. The topological polar surface area (TPSA) is 55.8 Å². The first-order chi connectivity index (χ1) is 7.63. The minimum atomic E-state index is -1.34. The van der Waals surface area contributed by atoms with Gasteiger partial charge in [-0.05, 0) is 17.7 Å². The van der Waals surface area contributed by atoms with Crippen LogP contribution in [-0.4, -0.2) is 25.3 Å². The second-order valence-electron chi connectivity index (χ2n) is 2.90. The van der Waals surface area contributed by atoms with E-state index in [4.69, 9.17) is 14.6 Å². The lowest BCUT2D eigenvalue weighted by atomic mass is 10.1. The van der Waals surface area contributed by atoms with Gasteiger partial charge in [0, 0.05) is 0 Å². The number of rotatable bonds is 4. The quantitative estimate of drug-likeness (QED) is 0.799. The molecule has 5 heteroatoms. The van der Waals surface area contributed by atoms with Crippen LogP contribution in [0.3, 0.4) is 0 Å². The van der Waals surface area contributed by atoms with E-state index in [1.54, 1.807) is 0 Å². The van der Waals surface area contributed by atoms with E-state index in [1.807, 2.05) is 0 Å². The van der Waals surface area contributed by atoms with Gasteiger partial charge in [-0.25, -0.2) is 9.18 Å². The van der Waals surface area contributed by atoms with Crippen molar-refractivity contribution in [2.75, 3.05) is 14.2 Å². The molecular formula is C11H11FO4. The summed E-state index contributed by atoms with van der Waals surface area (Å²) in [4.78, 5) is 10.7. The molecule has 1 aromatic rings. The average Bonchev–Trinajstić information content (AvgIpc) is 2.29. The molecule has 0 saturated heterocycles. The minimum Gasteiger partial charge on any atom is -0.493 e. The highest BCUT2D eigenvalue weighted by Gasteiger charge is 2.13. The van der Waals surface area contributed by atoms with E-state index in [1.165, 1.54) is 32.4 Å². The fraction of sp³-hybridized carbons (Fsp3) is 0.182. The van der Waals surface area contributed by atoms with Crippen molar-refractivity contribution >= 4 is 11.5 Å². The molecule has 0 aliphatic rings. The number of aliphatic carboxylic acids is 1. The van der Waals surface area contributed by atoms with Crippen molar-refractivity contribution in [3.8, 4) is 11.5 Å². The Morgan fingerprint density at radius 2 is 1.94 bits per heavy atom. The zero-order valence-corrected chi connectivity index (χ0v) is 8.86. The molecule has 0 saturated carbocycles. The molecule has 1 N–H and O–H groups in total. The van der Waals surface area contributed by atoms with Crippen LogP contribution in [-0.2, 0) is 4.79 Å². The highest BCUT2D eigenvalue weighted by atomic mass is 19.1. The fourth-order valence-corrected chi connectivity index (χ4v) is 1.24. The van der Waals surface area contributed by atoms with Gasteiger partial charge in [-0.3, -0.25) is 0 Å². The van der Waals surface area contributed by atoms with E-state index in [0.717, 1.165) is 0 Å². The minimum absolute atomic E-state index is 0.0452. The molecule has 1 aromatic carbocycles. The van der Waals surface area contributed by atoms with Gasteiger partial charge in [0.15, 0.2) is 11.5 Å². The van der Waals surface area contributed by atoms with E-state index < -0.39 is 11.5 Å². The molecule has 0 unspecified atom stereocenters. The van der Waals surface area contributed by atoms with Gasteiger partial charge in [0.1, 0.15) is 6.33 Å². The maximum atomic E-state index is 12.4. The number of halogens is 1. The molecule has 0 spiro atoms. The standard InChI is InChI=1S/C11H11FO4/c1-15-9-4-3-7(5-10(9)16-2)8(6-12)11(13)14/h3-6H,1-2H3,(H,13,14)/b8-6-. The predicted molar refractivity (Wildman–Crippen MR) is 56.3 cm³/mol. The second-order valence-corrected chi connectivity index (χ2v) is 2.90. The molecule has 4 nitrogen and oxygen atoms in total. The van der Waals surface area contributed by atoms with Crippen LogP contribution in [0.5, 0.6) is 11.5 Å². The molecule has 0 aliphatic heterocycles. The Morgan fingerprint density at radius 3 is 2.38 bits per heavy atom. The average molecular weight is 226 g/mol. The van der Waals surface area contributed by atoms with Crippen LogP contribution in [0.4, 0.5) is 4.39 Å². The fourth-order valence-electron chi connectivity index (χ4n) is 1.24. The lowest BCUT2D eigenvalue weighted by Gasteiger charge is -2.09.